The summed E-state index contributed by atoms with van der Waals surface area (Å²) in [7, 11) is 0. The second kappa shape index (κ2) is 13.2. The molecule has 0 saturated carbocycles. The molecule has 0 nitrogen and oxygen atoms in total. The van der Waals surface area contributed by atoms with Gasteiger partial charge in [-0.15, -0.1) is 0 Å². The molecule has 0 aliphatic heterocycles. The average Bonchev–Trinajstić information content (AvgIpc) is 1.89. The number of rotatable bonds is 6. The van der Waals surface area contributed by atoms with E-state index in [1.807, 2.05) is 0 Å². The van der Waals surface area contributed by atoms with E-state index in [1.54, 1.807) is 0 Å². The second-order valence-electron chi connectivity index (χ2n) is 2.62. The molecule has 0 radical (unpaired) electrons. The Hall–Kier alpha value is 1.64. The Balaban J connectivity index is 0. The van der Waals surface area contributed by atoms with E-state index in [0.717, 1.165) is 6.42 Å². The minimum atomic E-state index is 0. The molecule has 0 saturated heterocycles. The standard InChI is InChI=1S/C9H19.K/c1-3-5-7-9-8-6-4-2;/h1,3-9H2,2H3;/q-1;+1. The summed E-state index contributed by atoms with van der Waals surface area (Å²) in [6.45, 7) is 6.05. The third-order valence-electron chi connectivity index (χ3n) is 1.60. The molecule has 0 spiro atoms. The van der Waals surface area contributed by atoms with Crippen LogP contribution in [0, 0.1) is 6.92 Å². The van der Waals surface area contributed by atoms with E-state index in [4.69, 9.17) is 0 Å². The second-order valence-corrected chi connectivity index (χ2v) is 2.62. The van der Waals surface area contributed by atoms with Gasteiger partial charge in [-0.1, -0.05) is 45.4 Å². The zero-order chi connectivity index (χ0) is 6.95. The largest absolute Gasteiger partial charge is 1.00 e. The fourth-order valence-corrected chi connectivity index (χ4v) is 0.957. The minimum absolute atomic E-state index is 0. The molecule has 0 atom stereocenters. The van der Waals surface area contributed by atoms with Gasteiger partial charge in [0.05, 0.1) is 0 Å². The van der Waals surface area contributed by atoms with Crippen LogP contribution in [0.15, 0.2) is 0 Å². The summed E-state index contributed by atoms with van der Waals surface area (Å²) < 4.78 is 0. The van der Waals surface area contributed by atoms with Crippen molar-refractivity contribution < 1.29 is 51.4 Å². The summed E-state index contributed by atoms with van der Waals surface area (Å²) in [6.07, 6.45) is 9.45. The first-order valence-electron chi connectivity index (χ1n) is 4.21. The van der Waals surface area contributed by atoms with Crippen molar-refractivity contribution in [1.29, 1.82) is 0 Å². The third-order valence-corrected chi connectivity index (χ3v) is 1.60. The Morgan fingerprint density at radius 3 is 1.90 bits per heavy atom. The van der Waals surface area contributed by atoms with Crippen LogP contribution in [0.5, 0.6) is 0 Å². The molecule has 0 aliphatic carbocycles. The van der Waals surface area contributed by atoms with Crippen LogP contribution >= 0.6 is 0 Å². The first kappa shape index (κ1) is 14.2. The maximum atomic E-state index is 3.80. The first-order valence-corrected chi connectivity index (χ1v) is 4.21. The molecule has 0 fully saturated rings. The molecule has 0 rings (SSSR count). The molecule has 0 aromatic heterocycles. The van der Waals surface area contributed by atoms with Crippen molar-refractivity contribution in [2.24, 2.45) is 0 Å². The van der Waals surface area contributed by atoms with Gasteiger partial charge in [-0.25, -0.2) is 0 Å². The van der Waals surface area contributed by atoms with Crippen molar-refractivity contribution >= 4 is 0 Å². The molecular weight excluding hydrogens is 147 g/mol. The Bertz CT molecular complexity index is 38.0. The summed E-state index contributed by atoms with van der Waals surface area (Å²) in [6, 6.07) is 0. The molecule has 1 heteroatoms. The van der Waals surface area contributed by atoms with E-state index in [-0.39, 0.29) is 51.4 Å². The van der Waals surface area contributed by atoms with Crippen molar-refractivity contribution in [3.8, 4) is 0 Å². The van der Waals surface area contributed by atoms with Crippen LogP contribution in [0.2, 0.25) is 0 Å². The van der Waals surface area contributed by atoms with E-state index < -0.39 is 0 Å². The van der Waals surface area contributed by atoms with Gasteiger partial charge in [-0.3, -0.25) is 0 Å². The average molecular weight is 166 g/mol. The zero-order valence-electron chi connectivity index (χ0n) is 7.66. The summed E-state index contributed by atoms with van der Waals surface area (Å²) in [5, 5.41) is 0. The van der Waals surface area contributed by atoms with Gasteiger partial charge in [-0.05, 0) is 0 Å². The monoisotopic (exact) mass is 166 g/mol. The molecule has 0 heterocycles. The summed E-state index contributed by atoms with van der Waals surface area (Å²) in [5.74, 6) is 0. The fraction of sp³-hybridized carbons (Fsp3) is 0.889. The molecule has 0 bridgehead atoms. The predicted molar refractivity (Wildman–Crippen MR) is 43.4 cm³/mol. The zero-order valence-corrected chi connectivity index (χ0v) is 10.8. The summed E-state index contributed by atoms with van der Waals surface area (Å²) in [5.41, 5.74) is 0. The first-order chi connectivity index (χ1) is 4.41. The number of hydrogen-bond acceptors (Lipinski definition) is 0. The molecule has 0 amide bonds. The van der Waals surface area contributed by atoms with Gasteiger partial charge in [0.1, 0.15) is 0 Å². The predicted octanol–water partition coefficient (Wildman–Crippen LogP) is 0.575. The van der Waals surface area contributed by atoms with Crippen LogP contribution in [0.3, 0.4) is 0 Å². The molecule has 56 valence electrons. The fourth-order valence-electron chi connectivity index (χ4n) is 0.957. The van der Waals surface area contributed by atoms with Crippen LogP contribution < -0.4 is 51.4 Å². The van der Waals surface area contributed by atoms with Crippen LogP contribution in [-0.2, 0) is 0 Å². The van der Waals surface area contributed by atoms with Crippen molar-refractivity contribution in [2.45, 2.75) is 51.9 Å². The van der Waals surface area contributed by atoms with Crippen molar-refractivity contribution in [3.05, 3.63) is 6.92 Å². The van der Waals surface area contributed by atoms with Crippen LogP contribution in [0.4, 0.5) is 0 Å². The van der Waals surface area contributed by atoms with Crippen molar-refractivity contribution in [2.75, 3.05) is 0 Å². The molecule has 0 N–H and O–H groups in total. The molecule has 0 unspecified atom stereocenters. The van der Waals surface area contributed by atoms with Gasteiger partial charge in [0.2, 0.25) is 0 Å². The molecule has 10 heavy (non-hydrogen) atoms. The summed E-state index contributed by atoms with van der Waals surface area (Å²) >= 11 is 0. The minimum Gasteiger partial charge on any atom is -0.343 e. The molecule has 0 aromatic rings. The van der Waals surface area contributed by atoms with Gasteiger partial charge in [0.25, 0.3) is 0 Å². The third kappa shape index (κ3) is 12.3. The Morgan fingerprint density at radius 1 is 0.900 bits per heavy atom. The smallest absolute Gasteiger partial charge is 0.343 e. The van der Waals surface area contributed by atoms with E-state index in [9.17, 15) is 0 Å². The Morgan fingerprint density at radius 2 is 1.40 bits per heavy atom. The van der Waals surface area contributed by atoms with Crippen LogP contribution in [-0.4, -0.2) is 0 Å². The van der Waals surface area contributed by atoms with Crippen molar-refractivity contribution in [1.82, 2.24) is 0 Å². The number of unbranched alkanes of at least 4 members (excludes halogenated alkanes) is 6. The Kier molecular flexibility index (Phi) is 18.8. The van der Waals surface area contributed by atoms with Gasteiger partial charge in [0, 0.05) is 0 Å². The number of hydrogen-bond donors (Lipinski definition) is 0. The molecule has 0 aromatic carbocycles. The van der Waals surface area contributed by atoms with Crippen LogP contribution in [0.1, 0.15) is 51.9 Å². The van der Waals surface area contributed by atoms with E-state index in [1.165, 1.54) is 38.5 Å². The van der Waals surface area contributed by atoms with E-state index in [2.05, 4.69) is 13.8 Å². The molecule has 0 aliphatic rings. The normalized spacial score (nSPS) is 9.00. The van der Waals surface area contributed by atoms with Gasteiger partial charge in [-0.2, -0.15) is 6.42 Å². The Labute approximate surface area is 109 Å². The molecular formula is C9H19K. The van der Waals surface area contributed by atoms with E-state index in [0.29, 0.717) is 0 Å². The van der Waals surface area contributed by atoms with Gasteiger partial charge < -0.3 is 6.92 Å². The maximum Gasteiger partial charge on any atom is 1.00 e. The maximum absolute atomic E-state index is 3.80. The van der Waals surface area contributed by atoms with Gasteiger partial charge in [0.15, 0.2) is 0 Å². The topological polar surface area (TPSA) is 0 Å². The summed E-state index contributed by atoms with van der Waals surface area (Å²) in [4.78, 5) is 0. The van der Waals surface area contributed by atoms with Gasteiger partial charge >= 0.3 is 51.4 Å². The van der Waals surface area contributed by atoms with Crippen LogP contribution in [0.25, 0.3) is 0 Å². The van der Waals surface area contributed by atoms with E-state index >= 15 is 0 Å². The quantitative estimate of drug-likeness (QED) is 0.307. The van der Waals surface area contributed by atoms with Crippen molar-refractivity contribution in [3.63, 3.8) is 0 Å². The SMILES string of the molecule is [CH2-]CCCCCCCC.[K+].